The highest BCUT2D eigenvalue weighted by molar-refractivity contribution is 5.91. The summed E-state index contributed by atoms with van der Waals surface area (Å²) in [7, 11) is 0. The Balaban J connectivity index is 1.77. The molecule has 2 aromatic heterocycles. The lowest BCUT2D eigenvalue weighted by molar-refractivity contribution is 0.515. The molecule has 0 aliphatic carbocycles. The Hall–Kier alpha value is -2.50. The lowest BCUT2D eigenvalue weighted by Crippen LogP contribution is -2.07. The van der Waals surface area contributed by atoms with Crippen molar-refractivity contribution >= 4 is 16.6 Å². The number of benzene rings is 1. The Morgan fingerprint density at radius 2 is 2.14 bits per heavy atom. The molecule has 0 fully saturated rings. The van der Waals surface area contributed by atoms with Crippen molar-refractivity contribution in [1.29, 1.82) is 0 Å². The molecule has 3 rings (SSSR count). The molecule has 22 heavy (non-hydrogen) atoms. The lowest BCUT2D eigenvalue weighted by atomic mass is 10.1. The highest BCUT2D eigenvalue weighted by Crippen LogP contribution is 2.26. The van der Waals surface area contributed by atoms with Gasteiger partial charge in [-0.15, -0.1) is 0 Å². The summed E-state index contributed by atoms with van der Waals surface area (Å²) in [6.45, 7) is 3.33. The number of aromatic nitrogens is 3. The summed E-state index contributed by atoms with van der Waals surface area (Å²) in [4.78, 5) is 8.08. The molecule has 0 aliphatic rings. The van der Waals surface area contributed by atoms with Gasteiger partial charge < -0.3 is 9.88 Å². The zero-order chi connectivity index (χ0) is 15.5. The molecule has 1 aromatic carbocycles. The number of halogens is 2. The van der Waals surface area contributed by atoms with Gasteiger partial charge in [-0.3, -0.25) is 0 Å². The number of rotatable bonds is 5. The Bertz CT molecular complexity index is 784. The second kappa shape index (κ2) is 6.09. The molecule has 0 bridgehead atoms. The number of anilines is 1. The Morgan fingerprint density at radius 3 is 2.91 bits per heavy atom. The van der Waals surface area contributed by atoms with E-state index >= 15 is 0 Å². The van der Waals surface area contributed by atoms with Crippen molar-refractivity contribution < 1.29 is 8.78 Å². The zero-order valence-corrected chi connectivity index (χ0v) is 12.2. The highest BCUT2D eigenvalue weighted by Gasteiger charge is 2.12. The van der Waals surface area contributed by atoms with Gasteiger partial charge in [0.05, 0.1) is 6.33 Å². The summed E-state index contributed by atoms with van der Waals surface area (Å²) in [5, 5.41) is 3.86. The van der Waals surface area contributed by atoms with Gasteiger partial charge in [-0.1, -0.05) is 0 Å². The van der Waals surface area contributed by atoms with Crippen molar-refractivity contribution in [3.63, 3.8) is 0 Å². The SMILES string of the molecule is Cc1cc(NCCCn2ccnc2)c2ccc(F)c(F)c2n1. The van der Waals surface area contributed by atoms with Gasteiger partial charge in [0, 0.05) is 42.3 Å². The van der Waals surface area contributed by atoms with Crippen molar-refractivity contribution in [2.45, 2.75) is 19.9 Å². The summed E-state index contributed by atoms with van der Waals surface area (Å²) >= 11 is 0. The first kappa shape index (κ1) is 14.4. The molecule has 0 unspecified atom stereocenters. The second-order valence-corrected chi connectivity index (χ2v) is 5.15. The maximum absolute atomic E-state index is 13.9. The molecule has 3 aromatic rings. The Morgan fingerprint density at radius 1 is 1.27 bits per heavy atom. The molecule has 0 saturated heterocycles. The van der Waals surface area contributed by atoms with E-state index in [1.165, 1.54) is 0 Å². The van der Waals surface area contributed by atoms with Crippen LogP contribution in [0.4, 0.5) is 14.5 Å². The second-order valence-electron chi connectivity index (χ2n) is 5.15. The van der Waals surface area contributed by atoms with Crippen LogP contribution >= 0.6 is 0 Å². The average molecular weight is 302 g/mol. The first-order valence-corrected chi connectivity index (χ1v) is 7.10. The van der Waals surface area contributed by atoms with Crippen LogP contribution in [0, 0.1) is 18.6 Å². The predicted octanol–water partition coefficient (Wildman–Crippen LogP) is 3.52. The van der Waals surface area contributed by atoms with Gasteiger partial charge in [-0.2, -0.15) is 0 Å². The van der Waals surface area contributed by atoms with E-state index in [4.69, 9.17) is 0 Å². The van der Waals surface area contributed by atoms with Crippen LogP contribution in [0.2, 0.25) is 0 Å². The van der Waals surface area contributed by atoms with Gasteiger partial charge in [0.2, 0.25) is 0 Å². The van der Waals surface area contributed by atoms with Gasteiger partial charge in [0.25, 0.3) is 0 Å². The number of nitrogens with zero attached hydrogens (tertiary/aromatic N) is 3. The predicted molar refractivity (Wildman–Crippen MR) is 81.7 cm³/mol. The lowest BCUT2D eigenvalue weighted by Gasteiger charge is -2.11. The molecular formula is C16H16F2N4. The highest BCUT2D eigenvalue weighted by atomic mass is 19.2. The van der Waals surface area contributed by atoms with E-state index in [2.05, 4.69) is 15.3 Å². The number of pyridine rings is 1. The van der Waals surface area contributed by atoms with E-state index < -0.39 is 11.6 Å². The minimum atomic E-state index is -0.900. The van der Waals surface area contributed by atoms with Gasteiger partial charge in [-0.25, -0.2) is 18.7 Å². The quantitative estimate of drug-likeness (QED) is 0.733. The summed E-state index contributed by atoms with van der Waals surface area (Å²) < 4.78 is 29.2. The topological polar surface area (TPSA) is 42.7 Å². The molecule has 2 heterocycles. The van der Waals surface area contributed by atoms with Crippen LogP contribution < -0.4 is 5.32 Å². The van der Waals surface area contributed by atoms with Crippen molar-refractivity contribution in [3.8, 4) is 0 Å². The van der Waals surface area contributed by atoms with Crippen LogP contribution in [-0.2, 0) is 6.54 Å². The van der Waals surface area contributed by atoms with E-state index in [1.807, 2.05) is 16.8 Å². The number of nitrogens with one attached hydrogen (secondary N) is 1. The largest absolute Gasteiger partial charge is 0.384 e. The smallest absolute Gasteiger partial charge is 0.185 e. The third kappa shape index (κ3) is 2.90. The van der Waals surface area contributed by atoms with E-state index in [0.29, 0.717) is 11.1 Å². The van der Waals surface area contributed by atoms with Crippen molar-refractivity contribution in [1.82, 2.24) is 14.5 Å². The number of fused-ring (bicyclic) bond motifs is 1. The van der Waals surface area contributed by atoms with E-state index in [1.54, 1.807) is 25.5 Å². The van der Waals surface area contributed by atoms with Gasteiger partial charge in [-0.05, 0) is 31.5 Å². The molecule has 0 amide bonds. The molecule has 4 nitrogen and oxygen atoms in total. The van der Waals surface area contributed by atoms with Crippen LogP contribution in [0.15, 0.2) is 36.9 Å². The fourth-order valence-electron chi connectivity index (χ4n) is 2.41. The minimum Gasteiger partial charge on any atom is -0.384 e. The maximum Gasteiger partial charge on any atom is 0.185 e. The Labute approximate surface area is 126 Å². The van der Waals surface area contributed by atoms with Crippen LogP contribution in [0.3, 0.4) is 0 Å². The molecule has 0 atom stereocenters. The molecule has 0 radical (unpaired) electrons. The van der Waals surface area contributed by atoms with Crippen LogP contribution in [0.25, 0.3) is 10.9 Å². The molecule has 1 N–H and O–H groups in total. The minimum absolute atomic E-state index is 0.0668. The normalized spacial score (nSPS) is 11.0. The molecular weight excluding hydrogens is 286 g/mol. The van der Waals surface area contributed by atoms with Crippen LogP contribution in [0.1, 0.15) is 12.1 Å². The van der Waals surface area contributed by atoms with E-state index in [0.717, 1.165) is 31.3 Å². The molecule has 0 saturated carbocycles. The number of hydrogen-bond donors (Lipinski definition) is 1. The molecule has 0 spiro atoms. The van der Waals surface area contributed by atoms with Crippen molar-refractivity contribution in [3.05, 3.63) is 54.2 Å². The fraction of sp³-hybridized carbons (Fsp3) is 0.250. The van der Waals surface area contributed by atoms with Crippen molar-refractivity contribution in [2.24, 2.45) is 0 Å². The number of aryl methyl sites for hydroxylation is 2. The maximum atomic E-state index is 13.9. The Kier molecular flexibility index (Phi) is 4.00. The van der Waals surface area contributed by atoms with Gasteiger partial charge >= 0.3 is 0 Å². The summed E-state index contributed by atoms with van der Waals surface area (Å²) in [6.07, 6.45) is 6.31. The van der Waals surface area contributed by atoms with Gasteiger partial charge in [0.1, 0.15) is 5.52 Å². The van der Waals surface area contributed by atoms with Gasteiger partial charge in [0.15, 0.2) is 11.6 Å². The zero-order valence-electron chi connectivity index (χ0n) is 12.2. The standard InChI is InChI=1S/C16H16F2N4/c1-11-9-14(20-5-2-7-22-8-6-19-10-22)12-3-4-13(17)15(18)16(12)21-11/h3-4,6,8-10H,2,5,7H2,1H3,(H,20,21). The number of hydrogen-bond acceptors (Lipinski definition) is 3. The summed E-state index contributed by atoms with van der Waals surface area (Å²) in [5.41, 5.74) is 1.48. The monoisotopic (exact) mass is 302 g/mol. The molecule has 6 heteroatoms. The van der Waals surface area contributed by atoms with E-state index in [-0.39, 0.29) is 5.52 Å². The van der Waals surface area contributed by atoms with Crippen LogP contribution in [-0.4, -0.2) is 21.1 Å². The summed E-state index contributed by atoms with van der Waals surface area (Å²) in [5.74, 6) is -1.78. The first-order chi connectivity index (χ1) is 10.6. The van der Waals surface area contributed by atoms with Crippen LogP contribution in [0.5, 0.6) is 0 Å². The third-order valence-electron chi connectivity index (χ3n) is 3.47. The molecule has 0 aliphatic heterocycles. The molecule has 114 valence electrons. The number of imidazole rings is 1. The van der Waals surface area contributed by atoms with Crippen molar-refractivity contribution in [2.75, 3.05) is 11.9 Å². The van der Waals surface area contributed by atoms with E-state index in [9.17, 15) is 8.78 Å². The fourth-order valence-corrected chi connectivity index (χ4v) is 2.41. The average Bonchev–Trinajstić information content (AvgIpc) is 3.01. The third-order valence-corrected chi connectivity index (χ3v) is 3.47. The first-order valence-electron chi connectivity index (χ1n) is 7.10. The summed E-state index contributed by atoms with van der Waals surface area (Å²) in [6, 6.07) is 4.53.